The summed E-state index contributed by atoms with van der Waals surface area (Å²) in [4.78, 5) is 53.6. The van der Waals surface area contributed by atoms with Crippen LogP contribution in [-0.2, 0) is 25.7 Å². The van der Waals surface area contributed by atoms with E-state index in [-0.39, 0.29) is 48.7 Å². The van der Waals surface area contributed by atoms with E-state index in [0.29, 0.717) is 25.4 Å². The maximum absolute atomic E-state index is 12.8. The predicted molar refractivity (Wildman–Crippen MR) is 114 cm³/mol. The summed E-state index contributed by atoms with van der Waals surface area (Å²) >= 11 is 0. The Morgan fingerprint density at radius 3 is 2.77 bits per heavy atom. The molecule has 0 saturated carbocycles. The molecule has 8 heteroatoms. The highest BCUT2D eigenvalue weighted by Crippen LogP contribution is 2.34. The number of fused-ring (bicyclic) bond motifs is 4. The highest BCUT2D eigenvalue weighted by atomic mass is 16.5. The molecule has 1 amide bonds. The van der Waals surface area contributed by atoms with Crippen molar-refractivity contribution in [1.82, 2.24) is 14.4 Å². The van der Waals surface area contributed by atoms with Crippen molar-refractivity contribution in [1.29, 1.82) is 0 Å². The molecule has 1 aromatic heterocycles. The summed E-state index contributed by atoms with van der Waals surface area (Å²) < 4.78 is 6.99. The Kier molecular flexibility index (Phi) is 6.55. The van der Waals surface area contributed by atoms with Crippen molar-refractivity contribution in [3.8, 4) is 0 Å². The molecule has 3 atom stereocenters. The van der Waals surface area contributed by atoms with Gasteiger partial charge in [0.1, 0.15) is 6.04 Å². The Balaban J connectivity index is 1.35. The first kappa shape index (κ1) is 21.7. The van der Waals surface area contributed by atoms with Crippen LogP contribution < -0.4 is 5.56 Å². The van der Waals surface area contributed by atoms with Gasteiger partial charge in [0, 0.05) is 43.9 Å². The molecule has 3 unspecified atom stereocenters. The van der Waals surface area contributed by atoms with E-state index in [2.05, 4.69) is 4.90 Å². The third-order valence-corrected chi connectivity index (χ3v) is 6.69. The number of aromatic nitrogens is 1. The third kappa shape index (κ3) is 4.74. The number of carbonyl (C=O) groups is 3. The van der Waals surface area contributed by atoms with Crippen LogP contribution >= 0.6 is 0 Å². The van der Waals surface area contributed by atoms with Gasteiger partial charge in [-0.05, 0) is 44.6 Å². The Morgan fingerprint density at radius 2 is 1.97 bits per heavy atom. The minimum absolute atomic E-state index is 0.0417. The second-order valence-electron chi connectivity index (χ2n) is 8.96. The number of hydrogen-bond acceptors (Lipinski definition) is 6. The van der Waals surface area contributed by atoms with Crippen LogP contribution in [0.15, 0.2) is 23.0 Å². The number of Topliss-reactive ketones (excluding diaryl/α,β-unsaturated/α-hetero) is 1. The number of ether oxygens (including phenoxy) is 1. The van der Waals surface area contributed by atoms with Gasteiger partial charge in [-0.2, -0.15) is 0 Å². The number of piperidine rings is 2. The van der Waals surface area contributed by atoms with Gasteiger partial charge < -0.3 is 14.2 Å². The standard InChI is InChI=1S/C23H31N3O5/c1-2-31-23(30)20-6-3-4-9-25(20)22(29)11-18(27)15-24-12-16-10-17(14-24)19-7-5-8-21(28)26(19)13-16/h5,7-8,16-17,20H,2-4,6,9-15H2,1H3. The number of hydrogen-bond donors (Lipinski definition) is 0. The SMILES string of the molecule is CCOC(=O)C1CCCCN1C(=O)CC(=O)CN1CC2CC(C1)c1cccc(=O)n1C2. The van der Waals surface area contributed by atoms with Crippen LogP contribution in [0.3, 0.4) is 0 Å². The van der Waals surface area contributed by atoms with Crippen LogP contribution in [0, 0.1) is 5.92 Å². The van der Waals surface area contributed by atoms with E-state index in [1.165, 1.54) is 4.90 Å². The number of pyridine rings is 1. The molecule has 0 N–H and O–H groups in total. The Bertz CT molecular complexity index is 911. The van der Waals surface area contributed by atoms with Gasteiger partial charge in [-0.3, -0.25) is 19.3 Å². The number of esters is 1. The first-order chi connectivity index (χ1) is 15.0. The molecule has 2 saturated heterocycles. The molecule has 2 fully saturated rings. The maximum atomic E-state index is 12.8. The van der Waals surface area contributed by atoms with Crippen LogP contribution in [0.25, 0.3) is 0 Å². The average molecular weight is 430 g/mol. The predicted octanol–water partition coefficient (Wildman–Crippen LogP) is 1.17. The van der Waals surface area contributed by atoms with E-state index < -0.39 is 6.04 Å². The number of rotatable bonds is 6. The smallest absolute Gasteiger partial charge is 0.328 e. The monoisotopic (exact) mass is 429 g/mol. The van der Waals surface area contributed by atoms with Crippen molar-refractivity contribution in [3.05, 3.63) is 34.2 Å². The van der Waals surface area contributed by atoms with Gasteiger partial charge in [-0.15, -0.1) is 0 Å². The topological polar surface area (TPSA) is 88.9 Å². The van der Waals surface area contributed by atoms with Crippen LogP contribution in [0.4, 0.5) is 0 Å². The lowest BCUT2D eigenvalue weighted by atomic mass is 9.83. The molecule has 8 nitrogen and oxygen atoms in total. The number of nitrogens with zero attached hydrogens (tertiary/aromatic N) is 3. The van der Waals surface area contributed by atoms with Gasteiger partial charge >= 0.3 is 5.97 Å². The van der Waals surface area contributed by atoms with E-state index in [0.717, 1.165) is 38.0 Å². The summed E-state index contributed by atoms with van der Waals surface area (Å²) in [5.41, 5.74) is 1.09. The molecule has 2 bridgehead atoms. The fourth-order valence-electron chi connectivity index (χ4n) is 5.41. The Labute approximate surface area is 182 Å². The zero-order valence-corrected chi connectivity index (χ0v) is 18.1. The number of likely N-dealkylation sites (tertiary alicyclic amines) is 2. The number of carbonyl (C=O) groups excluding carboxylic acids is 3. The van der Waals surface area contributed by atoms with Crippen molar-refractivity contribution < 1.29 is 19.1 Å². The summed E-state index contributed by atoms with van der Waals surface area (Å²) in [6.07, 6.45) is 3.15. The first-order valence-corrected chi connectivity index (χ1v) is 11.4. The van der Waals surface area contributed by atoms with Crippen LogP contribution in [-0.4, -0.2) is 70.9 Å². The van der Waals surface area contributed by atoms with E-state index in [9.17, 15) is 19.2 Å². The minimum atomic E-state index is -0.571. The summed E-state index contributed by atoms with van der Waals surface area (Å²) in [7, 11) is 0. The van der Waals surface area contributed by atoms with Gasteiger partial charge in [0.2, 0.25) is 5.91 Å². The number of ketones is 1. The van der Waals surface area contributed by atoms with E-state index in [1.54, 1.807) is 19.1 Å². The fourth-order valence-corrected chi connectivity index (χ4v) is 5.41. The molecule has 0 aromatic carbocycles. The second kappa shape index (κ2) is 9.34. The molecule has 31 heavy (non-hydrogen) atoms. The largest absolute Gasteiger partial charge is 0.464 e. The molecule has 168 valence electrons. The second-order valence-corrected chi connectivity index (χ2v) is 8.96. The summed E-state index contributed by atoms with van der Waals surface area (Å²) in [5.74, 6) is -0.202. The zero-order chi connectivity index (χ0) is 22.0. The fraction of sp³-hybridized carbons (Fsp3) is 0.652. The molecule has 1 aromatic rings. The van der Waals surface area contributed by atoms with E-state index >= 15 is 0 Å². The molecular formula is C23H31N3O5. The zero-order valence-electron chi connectivity index (χ0n) is 18.1. The molecule has 0 aliphatic carbocycles. The highest BCUT2D eigenvalue weighted by molar-refractivity contribution is 6.00. The summed E-state index contributed by atoms with van der Waals surface area (Å²) in [6, 6.07) is 4.83. The molecule has 3 aliphatic heterocycles. The lowest BCUT2D eigenvalue weighted by Crippen LogP contribution is -2.50. The Hall–Kier alpha value is -2.48. The quantitative estimate of drug-likeness (QED) is 0.498. The van der Waals surface area contributed by atoms with Crippen molar-refractivity contribution in [2.45, 2.75) is 57.5 Å². The lowest BCUT2D eigenvalue weighted by molar-refractivity contribution is -0.157. The maximum Gasteiger partial charge on any atom is 0.328 e. The Morgan fingerprint density at radius 1 is 1.13 bits per heavy atom. The normalized spacial score (nSPS) is 25.6. The number of amides is 1. The highest BCUT2D eigenvalue weighted by Gasteiger charge is 2.36. The van der Waals surface area contributed by atoms with Gasteiger partial charge in [-0.25, -0.2) is 4.79 Å². The van der Waals surface area contributed by atoms with Gasteiger partial charge in [-0.1, -0.05) is 6.07 Å². The van der Waals surface area contributed by atoms with Crippen molar-refractivity contribution in [3.63, 3.8) is 0 Å². The van der Waals surface area contributed by atoms with Crippen molar-refractivity contribution in [2.24, 2.45) is 5.92 Å². The van der Waals surface area contributed by atoms with Gasteiger partial charge in [0.25, 0.3) is 5.56 Å². The molecular weight excluding hydrogens is 398 g/mol. The minimum Gasteiger partial charge on any atom is -0.464 e. The van der Waals surface area contributed by atoms with E-state index in [4.69, 9.17) is 4.74 Å². The van der Waals surface area contributed by atoms with Crippen LogP contribution in [0.1, 0.15) is 50.6 Å². The summed E-state index contributed by atoms with van der Waals surface area (Å²) in [5, 5.41) is 0. The molecule has 4 heterocycles. The summed E-state index contributed by atoms with van der Waals surface area (Å²) in [6.45, 7) is 4.91. The molecule has 0 radical (unpaired) electrons. The molecule has 4 rings (SSSR count). The lowest BCUT2D eigenvalue weighted by Gasteiger charge is -2.42. The first-order valence-electron chi connectivity index (χ1n) is 11.4. The third-order valence-electron chi connectivity index (χ3n) is 6.69. The average Bonchev–Trinajstić information content (AvgIpc) is 2.74. The van der Waals surface area contributed by atoms with Gasteiger partial charge in [0.15, 0.2) is 5.78 Å². The van der Waals surface area contributed by atoms with Crippen molar-refractivity contribution >= 4 is 17.7 Å². The van der Waals surface area contributed by atoms with E-state index in [1.807, 2.05) is 10.6 Å². The van der Waals surface area contributed by atoms with Crippen LogP contribution in [0.2, 0.25) is 0 Å². The molecule has 3 aliphatic rings. The van der Waals surface area contributed by atoms with Crippen molar-refractivity contribution in [2.75, 3.05) is 32.8 Å². The van der Waals surface area contributed by atoms with Crippen LogP contribution in [0.5, 0.6) is 0 Å². The molecule has 0 spiro atoms. The van der Waals surface area contributed by atoms with Gasteiger partial charge in [0.05, 0.1) is 19.6 Å².